The predicted octanol–water partition coefficient (Wildman–Crippen LogP) is 1.42. The first-order valence-electron chi connectivity index (χ1n) is 7.21. The van der Waals surface area contributed by atoms with Crippen LogP contribution in [0.15, 0.2) is 47.6 Å². The molecule has 0 radical (unpaired) electrons. The lowest BCUT2D eigenvalue weighted by Crippen LogP contribution is -2.32. The number of sulfonamides is 1. The molecule has 0 aliphatic heterocycles. The van der Waals surface area contributed by atoms with Gasteiger partial charge in [-0.2, -0.15) is 0 Å². The van der Waals surface area contributed by atoms with Crippen LogP contribution in [0.3, 0.4) is 0 Å². The molecule has 0 saturated carbocycles. The molecule has 2 N–H and O–H groups in total. The molecule has 1 heterocycles. The first-order chi connectivity index (χ1) is 10.6. The highest BCUT2D eigenvalue weighted by molar-refractivity contribution is 7.89. The van der Waals surface area contributed by atoms with Crippen LogP contribution in [0, 0.1) is 0 Å². The monoisotopic (exact) mass is 320 g/mol. The van der Waals surface area contributed by atoms with Crippen LogP contribution in [0.2, 0.25) is 0 Å². The van der Waals surface area contributed by atoms with Gasteiger partial charge in [0.15, 0.2) is 5.82 Å². The molecule has 0 amide bonds. The van der Waals surface area contributed by atoms with E-state index in [-0.39, 0.29) is 4.90 Å². The van der Waals surface area contributed by atoms with E-state index in [0.29, 0.717) is 18.9 Å². The highest BCUT2D eigenvalue weighted by Crippen LogP contribution is 2.14. The number of hydrogen-bond acceptors (Lipinski definition) is 5. The fourth-order valence-electron chi connectivity index (χ4n) is 1.85. The van der Waals surface area contributed by atoms with Gasteiger partial charge in [-0.25, -0.2) is 23.1 Å². The van der Waals surface area contributed by atoms with Crippen molar-refractivity contribution in [3.05, 3.63) is 42.7 Å². The van der Waals surface area contributed by atoms with Crippen molar-refractivity contribution >= 4 is 10.0 Å². The molecule has 7 heteroatoms. The third kappa shape index (κ3) is 4.59. The Labute approximate surface area is 131 Å². The molecule has 0 fully saturated rings. The second-order valence-corrected chi connectivity index (χ2v) is 6.52. The van der Waals surface area contributed by atoms with E-state index in [1.807, 2.05) is 30.3 Å². The highest BCUT2D eigenvalue weighted by atomic mass is 32.2. The molecule has 0 saturated heterocycles. The number of rotatable bonds is 8. The van der Waals surface area contributed by atoms with Crippen LogP contribution in [-0.2, 0) is 10.0 Å². The summed E-state index contributed by atoms with van der Waals surface area (Å²) in [4.78, 5) is 8.33. The first kappa shape index (κ1) is 16.5. The number of benzene rings is 1. The van der Waals surface area contributed by atoms with Crippen LogP contribution in [0.25, 0.3) is 11.4 Å². The Morgan fingerprint density at radius 2 is 1.68 bits per heavy atom. The van der Waals surface area contributed by atoms with Crippen molar-refractivity contribution in [2.45, 2.75) is 18.2 Å². The highest BCUT2D eigenvalue weighted by Gasteiger charge is 2.14. The summed E-state index contributed by atoms with van der Waals surface area (Å²) in [5.74, 6) is 0.504. The lowest BCUT2D eigenvalue weighted by atomic mass is 10.2. The third-order valence-electron chi connectivity index (χ3n) is 2.99. The summed E-state index contributed by atoms with van der Waals surface area (Å²) in [5, 5.41) is 3.13. The number of nitrogens with one attached hydrogen (secondary N) is 2. The number of hydrogen-bond donors (Lipinski definition) is 2. The Bertz CT molecular complexity index is 672. The van der Waals surface area contributed by atoms with E-state index in [1.165, 1.54) is 12.4 Å². The molecule has 0 unspecified atom stereocenters. The average molecular weight is 320 g/mol. The van der Waals surface area contributed by atoms with Gasteiger partial charge in [0.2, 0.25) is 10.0 Å². The van der Waals surface area contributed by atoms with Gasteiger partial charge in [0.25, 0.3) is 0 Å². The number of nitrogens with zero attached hydrogens (tertiary/aromatic N) is 2. The van der Waals surface area contributed by atoms with Gasteiger partial charge in [-0.3, -0.25) is 0 Å². The van der Waals surface area contributed by atoms with E-state index in [0.717, 1.165) is 18.5 Å². The van der Waals surface area contributed by atoms with Gasteiger partial charge in [0, 0.05) is 18.7 Å². The Morgan fingerprint density at radius 1 is 1.00 bits per heavy atom. The van der Waals surface area contributed by atoms with Gasteiger partial charge >= 0.3 is 0 Å². The predicted molar refractivity (Wildman–Crippen MR) is 85.8 cm³/mol. The summed E-state index contributed by atoms with van der Waals surface area (Å²) < 4.78 is 26.7. The normalized spacial score (nSPS) is 11.5. The molecule has 2 rings (SSSR count). The van der Waals surface area contributed by atoms with Gasteiger partial charge < -0.3 is 5.32 Å². The Hall–Kier alpha value is -1.83. The van der Waals surface area contributed by atoms with E-state index in [2.05, 4.69) is 26.9 Å². The van der Waals surface area contributed by atoms with Gasteiger partial charge in [0.1, 0.15) is 4.90 Å². The third-order valence-corrected chi connectivity index (χ3v) is 4.41. The van der Waals surface area contributed by atoms with E-state index in [9.17, 15) is 8.42 Å². The van der Waals surface area contributed by atoms with Crippen molar-refractivity contribution in [1.29, 1.82) is 0 Å². The van der Waals surface area contributed by atoms with Crippen LogP contribution in [0.5, 0.6) is 0 Å². The van der Waals surface area contributed by atoms with Crippen molar-refractivity contribution in [2.24, 2.45) is 0 Å². The number of aromatic nitrogens is 2. The molecule has 118 valence electrons. The lowest BCUT2D eigenvalue weighted by Gasteiger charge is -2.07. The standard InChI is InChI=1S/C15H20N4O2S/c1-2-8-16-9-10-19-22(20,21)14-11-17-15(18-12-14)13-6-4-3-5-7-13/h3-7,11-12,16,19H,2,8-10H2,1H3. The first-order valence-corrected chi connectivity index (χ1v) is 8.69. The fraction of sp³-hybridized carbons (Fsp3) is 0.333. The maximum absolute atomic E-state index is 12.1. The summed E-state index contributed by atoms with van der Waals surface area (Å²) in [6.45, 7) is 3.86. The van der Waals surface area contributed by atoms with Gasteiger partial charge in [-0.15, -0.1) is 0 Å². The SMILES string of the molecule is CCCNCCNS(=O)(=O)c1cnc(-c2ccccc2)nc1. The lowest BCUT2D eigenvalue weighted by molar-refractivity contribution is 0.574. The van der Waals surface area contributed by atoms with Gasteiger partial charge in [-0.05, 0) is 13.0 Å². The summed E-state index contributed by atoms with van der Waals surface area (Å²) >= 11 is 0. The molecule has 0 aliphatic carbocycles. The maximum Gasteiger partial charge on any atom is 0.243 e. The van der Waals surface area contributed by atoms with Crippen molar-refractivity contribution in [2.75, 3.05) is 19.6 Å². The zero-order valence-electron chi connectivity index (χ0n) is 12.5. The van der Waals surface area contributed by atoms with Gasteiger partial charge in [0.05, 0.1) is 12.4 Å². The minimum atomic E-state index is -3.56. The quantitative estimate of drug-likeness (QED) is 0.719. The molecule has 22 heavy (non-hydrogen) atoms. The van der Waals surface area contributed by atoms with Crippen LogP contribution in [-0.4, -0.2) is 38.0 Å². The summed E-state index contributed by atoms with van der Waals surface area (Å²) in [7, 11) is -3.56. The maximum atomic E-state index is 12.1. The van der Waals surface area contributed by atoms with Crippen LogP contribution in [0.4, 0.5) is 0 Å². The van der Waals surface area contributed by atoms with Crippen LogP contribution < -0.4 is 10.0 Å². The smallest absolute Gasteiger partial charge is 0.243 e. The molecule has 6 nitrogen and oxygen atoms in total. The molecular formula is C15H20N4O2S. The Balaban J connectivity index is 2.00. The second kappa shape index (κ2) is 7.98. The van der Waals surface area contributed by atoms with Crippen molar-refractivity contribution in [3.63, 3.8) is 0 Å². The topological polar surface area (TPSA) is 84.0 Å². The zero-order valence-corrected chi connectivity index (χ0v) is 13.3. The molecular weight excluding hydrogens is 300 g/mol. The molecule has 0 aliphatic rings. The van der Waals surface area contributed by atoms with Crippen molar-refractivity contribution in [1.82, 2.24) is 20.0 Å². The second-order valence-electron chi connectivity index (χ2n) is 4.76. The Morgan fingerprint density at radius 3 is 2.32 bits per heavy atom. The zero-order chi connectivity index (χ0) is 15.8. The van der Waals surface area contributed by atoms with E-state index >= 15 is 0 Å². The molecule has 0 bridgehead atoms. The van der Waals surface area contributed by atoms with Crippen LogP contribution >= 0.6 is 0 Å². The largest absolute Gasteiger partial charge is 0.315 e. The molecule has 2 aromatic rings. The Kier molecular flexibility index (Phi) is 6.00. The van der Waals surface area contributed by atoms with E-state index in [1.54, 1.807) is 0 Å². The molecule has 0 spiro atoms. The van der Waals surface area contributed by atoms with E-state index in [4.69, 9.17) is 0 Å². The summed E-state index contributed by atoms with van der Waals surface area (Å²) in [5.41, 5.74) is 0.850. The van der Waals surface area contributed by atoms with E-state index < -0.39 is 10.0 Å². The molecule has 1 aromatic carbocycles. The average Bonchev–Trinajstić information content (AvgIpc) is 2.55. The summed E-state index contributed by atoms with van der Waals surface area (Å²) in [6, 6.07) is 9.42. The summed E-state index contributed by atoms with van der Waals surface area (Å²) in [6.07, 6.45) is 3.68. The minimum Gasteiger partial charge on any atom is -0.315 e. The van der Waals surface area contributed by atoms with Crippen molar-refractivity contribution < 1.29 is 8.42 Å². The van der Waals surface area contributed by atoms with Crippen molar-refractivity contribution in [3.8, 4) is 11.4 Å². The molecule has 1 aromatic heterocycles. The van der Waals surface area contributed by atoms with Crippen LogP contribution in [0.1, 0.15) is 13.3 Å². The van der Waals surface area contributed by atoms with Gasteiger partial charge in [-0.1, -0.05) is 37.3 Å². The molecule has 0 atom stereocenters. The minimum absolute atomic E-state index is 0.0719. The fourth-order valence-corrected chi connectivity index (χ4v) is 2.77.